The highest BCUT2D eigenvalue weighted by Gasteiger charge is 2.21. The SMILES string of the molecule is CCC1CNc2cc(C(=O)OC)ccc21. The van der Waals surface area contributed by atoms with Gasteiger partial charge in [-0.25, -0.2) is 4.79 Å². The standard InChI is InChI=1S/C12H15NO2/c1-3-8-7-13-11-6-9(12(14)15-2)4-5-10(8)11/h4-6,8,13H,3,7H2,1-2H3. The highest BCUT2D eigenvalue weighted by Crippen LogP contribution is 2.33. The van der Waals surface area contributed by atoms with Crippen molar-refractivity contribution in [1.29, 1.82) is 0 Å². The van der Waals surface area contributed by atoms with Crippen molar-refractivity contribution in [3.63, 3.8) is 0 Å². The van der Waals surface area contributed by atoms with Crippen LogP contribution in [0.3, 0.4) is 0 Å². The van der Waals surface area contributed by atoms with Crippen LogP contribution in [0, 0.1) is 0 Å². The van der Waals surface area contributed by atoms with Crippen molar-refractivity contribution in [3.05, 3.63) is 29.3 Å². The molecule has 0 spiro atoms. The second-order valence-electron chi connectivity index (χ2n) is 3.78. The number of hydrogen-bond donors (Lipinski definition) is 1. The van der Waals surface area contributed by atoms with Crippen molar-refractivity contribution in [2.75, 3.05) is 19.0 Å². The van der Waals surface area contributed by atoms with E-state index < -0.39 is 0 Å². The molecule has 3 heteroatoms. The number of hydrogen-bond acceptors (Lipinski definition) is 3. The van der Waals surface area contributed by atoms with Crippen LogP contribution in [-0.2, 0) is 4.74 Å². The van der Waals surface area contributed by atoms with Crippen LogP contribution in [0.25, 0.3) is 0 Å². The van der Waals surface area contributed by atoms with E-state index in [2.05, 4.69) is 17.0 Å². The van der Waals surface area contributed by atoms with E-state index in [0.29, 0.717) is 11.5 Å². The highest BCUT2D eigenvalue weighted by molar-refractivity contribution is 5.91. The number of fused-ring (bicyclic) bond motifs is 1. The van der Waals surface area contributed by atoms with Gasteiger partial charge in [-0.2, -0.15) is 0 Å². The highest BCUT2D eigenvalue weighted by atomic mass is 16.5. The molecule has 1 unspecified atom stereocenters. The van der Waals surface area contributed by atoms with Crippen LogP contribution < -0.4 is 5.32 Å². The Bertz CT molecular complexity index is 387. The monoisotopic (exact) mass is 205 g/mol. The maximum absolute atomic E-state index is 11.3. The van der Waals surface area contributed by atoms with Crippen LogP contribution in [0.15, 0.2) is 18.2 Å². The maximum atomic E-state index is 11.3. The lowest BCUT2D eigenvalue weighted by molar-refractivity contribution is 0.0601. The predicted octanol–water partition coefficient (Wildman–Crippen LogP) is 2.39. The summed E-state index contributed by atoms with van der Waals surface area (Å²) in [6.07, 6.45) is 1.12. The Hall–Kier alpha value is -1.51. The molecule has 1 atom stereocenters. The number of carbonyl (C=O) groups excluding carboxylic acids is 1. The largest absolute Gasteiger partial charge is 0.465 e. The molecular weight excluding hydrogens is 190 g/mol. The molecule has 0 amide bonds. The first kappa shape index (κ1) is 10.0. The summed E-state index contributed by atoms with van der Waals surface area (Å²) in [5.74, 6) is 0.297. The third-order valence-corrected chi connectivity index (χ3v) is 2.95. The minimum atomic E-state index is -0.278. The fourth-order valence-corrected chi connectivity index (χ4v) is 2.02. The lowest BCUT2D eigenvalue weighted by Crippen LogP contribution is -2.01. The molecule has 0 saturated carbocycles. The van der Waals surface area contributed by atoms with Gasteiger partial charge in [0.05, 0.1) is 12.7 Å². The van der Waals surface area contributed by atoms with Gasteiger partial charge in [0, 0.05) is 18.2 Å². The Morgan fingerprint density at radius 2 is 2.40 bits per heavy atom. The van der Waals surface area contributed by atoms with Gasteiger partial charge in [0.1, 0.15) is 0 Å². The molecule has 0 saturated heterocycles. The Balaban J connectivity index is 2.33. The summed E-state index contributed by atoms with van der Waals surface area (Å²) in [5.41, 5.74) is 3.00. The Morgan fingerprint density at radius 3 is 3.07 bits per heavy atom. The van der Waals surface area contributed by atoms with E-state index in [0.717, 1.165) is 18.7 Å². The van der Waals surface area contributed by atoms with E-state index in [1.165, 1.54) is 12.7 Å². The van der Waals surface area contributed by atoms with Crippen molar-refractivity contribution in [2.45, 2.75) is 19.3 Å². The van der Waals surface area contributed by atoms with Crippen molar-refractivity contribution in [1.82, 2.24) is 0 Å². The van der Waals surface area contributed by atoms with Crippen LogP contribution in [0.2, 0.25) is 0 Å². The van der Waals surface area contributed by atoms with E-state index in [4.69, 9.17) is 0 Å². The first-order chi connectivity index (χ1) is 7.26. The van der Waals surface area contributed by atoms with Crippen molar-refractivity contribution < 1.29 is 9.53 Å². The molecule has 0 radical (unpaired) electrons. The number of carbonyl (C=O) groups is 1. The molecule has 2 rings (SSSR count). The zero-order chi connectivity index (χ0) is 10.8. The maximum Gasteiger partial charge on any atom is 0.337 e. The van der Waals surface area contributed by atoms with Crippen LogP contribution in [0.5, 0.6) is 0 Å². The molecule has 1 aromatic carbocycles. The van der Waals surface area contributed by atoms with E-state index in [1.54, 1.807) is 0 Å². The number of nitrogens with one attached hydrogen (secondary N) is 1. The summed E-state index contributed by atoms with van der Waals surface area (Å²) in [6, 6.07) is 5.73. The Labute approximate surface area is 89.4 Å². The lowest BCUT2D eigenvalue weighted by Gasteiger charge is -2.06. The van der Waals surface area contributed by atoms with Gasteiger partial charge in [-0.3, -0.25) is 0 Å². The van der Waals surface area contributed by atoms with Crippen molar-refractivity contribution >= 4 is 11.7 Å². The smallest absolute Gasteiger partial charge is 0.337 e. The third kappa shape index (κ3) is 1.69. The van der Waals surface area contributed by atoms with E-state index in [9.17, 15) is 4.79 Å². The molecule has 1 heterocycles. The van der Waals surface area contributed by atoms with E-state index >= 15 is 0 Å². The second kappa shape index (κ2) is 3.93. The molecule has 1 aliphatic heterocycles. The molecular formula is C12H15NO2. The fourth-order valence-electron chi connectivity index (χ4n) is 2.02. The van der Waals surface area contributed by atoms with Gasteiger partial charge in [0.2, 0.25) is 0 Å². The van der Waals surface area contributed by atoms with Crippen LogP contribution in [0.1, 0.15) is 35.2 Å². The van der Waals surface area contributed by atoms with Gasteiger partial charge < -0.3 is 10.1 Å². The van der Waals surface area contributed by atoms with Crippen LogP contribution >= 0.6 is 0 Å². The van der Waals surface area contributed by atoms with Gasteiger partial charge in [0.15, 0.2) is 0 Å². The van der Waals surface area contributed by atoms with Crippen LogP contribution in [-0.4, -0.2) is 19.6 Å². The molecule has 0 fully saturated rings. The first-order valence-electron chi connectivity index (χ1n) is 5.22. The fraction of sp³-hybridized carbons (Fsp3) is 0.417. The normalized spacial score (nSPS) is 18.1. The quantitative estimate of drug-likeness (QED) is 0.753. The number of rotatable bonds is 2. The Kier molecular flexibility index (Phi) is 2.62. The minimum absolute atomic E-state index is 0.278. The molecule has 0 aromatic heterocycles. The zero-order valence-electron chi connectivity index (χ0n) is 9.04. The molecule has 0 aliphatic carbocycles. The molecule has 1 N–H and O–H groups in total. The van der Waals surface area contributed by atoms with Crippen molar-refractivity contribution in [3.8, 4) is 0 Å². The summed E-state index contributed by atoms with van der Waals surface area (Å²) < 4.78 is 4.68. The average Bonchev–Trinajstić information content (AvgIpc) is 2.69. The predicted molar refractivity (Wildman–Crippen MR) is 59.3 cm³/mol. The number of anilines is 1. The lowest BCUT2D eigenvalue weighted by atomic mass is 9.98. The first-order valence-corrected chi connectivity index (χ1v) is 5.22. The molecule has 1 aliphatic rings. The van der Waals surface area contributed by atoms with Gasteiger partial charge >= 0.3 is 5.97 Å². The van der Waals surface area contributed by atoms with Crippen molar-refractivity contribution in [2.24, 2.45) is 0 Å². The molecule has 1 aromatic rings. The summed E-state index contributed by atoms with van der Waals surface area (Å²) in [7, 11) is 1.40. The average molecular weight is 205 g/mol. The van der Waals surface area contributed by atoms with Crippen LogP contribution in [0.4, 0.5) is 5.69 Å². The summed E-state index contributed by atoms with van der Waals surface area (Å²) in [6.45, 7) is 3.14. The molecule has 15 heavy (non-hydrogen) atoms. The number of benzene rings is 1. The van der Waals surface area contributed by atoms with Gasteiger partial charge in [-0.15, -0.1) is 0 Å². The summed E-state index contributed by atoms with van der Waals surface area (Å²) in [4.78, 5) is 11.3. The third-order valence-electron chi connectivity index (χ3n) is 2.95. The number of esters is 1. The topological polar surface area (TPSA) is 38.3 Å². The number of ether oxygens (including phenoxy) is 1. The van der Waals surface area contributed by atoms with Gasteiger partial charge in [-0.1, -0.05) is 13.0 Å². The molecule has 80 valence electrons. The summed E-state index contributed by atoms with van der Waals surface area (Å²) in [5, 5.41) is 3.31. The van der Waals surface area contributed by atoms with E-state index in [-0.39, 0.29) is 5.97 Å². The van der Waals surface area contributed by atoms with Gasteiger partial charge in [0.25, 0.3) is 0 Å². The second-order valence-corrected chi connectivity index (χ2v) is 3.78. The molecule has 0 bridgehead atoms. The van der Waals surface area contributed by atoms with E-state index in [1.807, 2.05) is 18.2 Å². The minimum Gasteiger partial charge on any atom is -0.465 e. The van der Waals surface area contributed by atoms with Gasteiger partial charge in [-0.05, 0) is 24.1 Å². The summed E-state index contributed by atoms with van der Waals surface area (Å²) >= 11 is 0. The molecule has 3 nitrogen and oxygen atoms in total. The zero-order valence-corrected chi connectivity index (χ0v) is 9.04. The Morgan fingerprint density at radius 1 is 1.60 bits per heavy atom. The number of methoxy groups -OCH3 is 1.